The molecule has 1 aromatic heterocycles. The molecule has 15 heteroatoms. The van der Waals surface area contributed by atoms with E-state index in [1.54, 1.807) is 12.1 Å². The van der Waals surface area contributed by atoms with E-state index in [9.17, 15) is 35.4 Å². The van der Waals surface area contributed by atoms with Gasteiger partial charge >= 0.3 is 0 Å². The topological polar surface area (TPSA) is 216 Å². The normalized spacial score (nSPS) is 31.7. The van der Waals surface area contributed by atoms with Gasteiger partial charge in [-0.25, -0.2) is 0 Å². The zero-order chi connectivity index (χ0) is 30.3. The van der Waals surface area contributed by atoms with Gasteiger partial charge in [0.15, 0.2) is 17.8 Å². The minimum atomic E-state index is -1.78. The molecule has 3 heterocycles. The zero-order valence-corrected chi connectivity index (χ0v) is 22.8. The zero-order valence-electron chi connectivity index (χ0n) is 22.8. The number of rotatable bonds is 8. The van der Waals surface area contributed by atoms with Crippen LogP contribution in [-0.2, 0) is 14.2 Å². The molecule has 0 bridgehead atoms. The van der Waals surface area contributed by atoms with Crippen LogP contribution in [0.2, 0.25) is 0 Å². The van der Waals surface area contributed by atoms with E-state index in [1.807, 2.05) is 0 Å². The molecule has 9 atom stereocenters. The molecule has 5 rings (SSSR count). The van der Waals surface area contributed by atoms with Gasteiger partial charge in [-0.3, -0.25) is 4.79 Å². The summed E-state index contributed by atoms with van der Waals surface area (Å²) >= 11 is 0. The standard InChI is InChI=1S/C27H32O15/c1-35-10-6-14-17(21(31)18-12(40-14)4-5-13(36-2)25(18)37-3)15(7-10)41-27-24(34)22(32)20(30)16(42-27)9-39-26-23(33)19(29)11(28)8-38-26/h4-7,11,16,19-20,22-24,26-30,32-34H,8-9H2,1-3H3/t11-,16-,19+,20-,22+,23-,24-,26+,27-/m1/s1. The number of aliphatic hydroxyl groups excluding tert-OH is 6. The number of hydrogen-bond donors (Lipinski definition) is 6. The van der Waals surface area contributed by atoms with E-state index in [2.05, 4.69) is 0 Å². The number of aliphatic hydroxyl groups is 6. The molecule has 2 aliphatic rings. The highest BCUT2D eigenvalue weighted by molar-refractivity contribution is 5.97. The molecule has 2 aromatic carbocycles. The lowest BCUT2D eigenvalue weighted by molar-refractivity contribution is -0.307. The summed E-state index contributed by atoms with van der Waals surface area (Å²) in [6, 6.07) is 5.94. The van der Waals surface area contributed by atoms with E-state index in [0.717, 1.165) is 0 Å². The predicted molar refractivity (Wildman–Crippen MR) is 141 cm³/mol. The first kappa shape index (κ1) is 30.2. The van der Waals surface area contributed by atoms with Crippen LogP contribution in [0.4, 0.5) is 0 Å². The van der Waals surface area contributed by atoms with Gasteiger partial charge in [0, 0.05) is 12.1 Å². The average Bonchev–Trinajstić information content (AvgIpc) is 2.99. The molecule has 0 aliphatic carbocycles. The van der Waals surface area contributed by atoms with E-state index in [1.165, 1.54) is 33.5 Å². The number of fused-ring (bicyclic) bond motifs is 2. The van der Waals surface area contributed by atoms with Gasteiger partial charge in [0.1, 0.15) is 76.2 Å². The highest BCUT2D eigenvalue weighted by atomic mass is 16.7. The Morgan fingerprint density at radius 1 is 0.786 bits per heavy atom. The maximum atomic E-state index is 13.8. The highest BCUT2D eigenvalue weighted by Crippen LogP contribution is 2.38. The largest absolute Gasteiger partial charge is 0.496 e. The number of benzene rings is 2. The van der Waals surface area contributed by atoms with Crippen molar-refractivity contribution in [1.29, 1.82) is 0 Å². The molecule has 6 N–H and O–H groups in total. The summed E-state index contributed by atoms with van der Waals surface area (Å²) in [5.74, 6) is 0.505. The molecule has 0 radical (unpaired) electrons. The Labute approximate surface area is 237 Å². The first-order valence-electron chi connectivity index (χ1n) is 12.9. The Balaban J connectivity index is 1.48. The fraction of sp³-hybridized carbons (Fsp3) is 0.519. The second kappa shape index (κ2) is 12.2. The maximum Gasteiger partial charge on any atom is 0.229 e. The summed E-state index contributed by atoms with van der Waals surface area (Å²) in [5, 5.41) is 61.4. The second-order valence-corrected chi connectivity index (χ2v) is 9.82. The molecular formula is C27H32O15. The summed E-state index contributed by atoms with van der Waals surface area (Å²) < 4.78 is 44.3. The molecule has 0 unspecified atom stereocenters. The quantitative estimate of drug-likeness (QED) is 0.165. The van der Waals surface area contributed by atoms with Crippen LogP contribution in [0, 0.1) is 0 Å². The summed E-state index contributed by atoms with van der Waals surface area (Å²) in [6.07, 6.45) is -14.0. The van der Waals surface area contributed by atoms with Gasteiger partial charge < -0.3 is 68.2 Å². The Kier molecular flexibility index (Phi) is 8.75. The predicted octanol–water partition coefficient (Wildman–Crippen LogP) is -1.39. The van der Waals surface area contributed by atoms with Crippen molar-refractivity contribution < 1.29 is 68.2 Å². The van der Waals surface area contributed by atoms with E-state index in [0.29, 0.717) is 0 Å². The third kappa shape index (κ3) is 5.34. The van der Waals surface area contributed by atoms with Crippen LogP contribution in [0.1, 0.15) is 0 Å². The number of hydrogen-bond acceptors (Lipinski definition) is 15. The maximum absolute atomic E-state index is 13.8. The minimum Gasteiger partial charge on any atom is -0.496 e. The lowest BCUT2D eigenvalue weighted by atomic mass is 9.99. The van der Waals surface area contributed by atoms with Crippen LogP contribution in [0.5, 0.6) is 23.0 Å². The SMILES string of the molecule is COc1cc(O[C@@H]2O[C@H](CO[C@@H]3OC[C@@H](O)[C@H](O)[C@H]3O)[C@@H](O)[C@H](O)[C@H]2O)c2c(=O)c3c(OC)c(OC)ccc3oc2c1. The lowest BCUT2D eigenvalue weighted by Crippen LogP contribution is -2.61. The first-order chi connectivity index (χ1) is 20.1. The van der Waals surface area contributed by atoms with Crippen LogP contribution in [-0.4, -0.2) is 120 Å². The van der Waals surface area contributed by atoms with Gasteiger partial charge in [-0.05, 0) is 12.1 Å². The molecule has 0 spiro atoms. The monoisotopic (exact) mass is 596 g/mol. The van der Waals surface area contributed by atoms with Gasteiger partial charge in [0.2, 0.25) is 11.7 Å². The van der Waals surface area contributed by atoms with Gasteiger partial charge in [0.05, 0.1) is 34.5 Å². The van der Waals surface area contributed by atoms with Crippen molar-refractivity contribution >= 4 is 21.9 Å². The van der Waals surface area contributed by atoms with Gasteiger partial charge in [-0.15, -0.1) is 0 Å². The molecule has 230 valence electrons. The molecule has 2 saturated heterocycles. The van der Waals surface area contributed by atoms with Crippen molar-refractivity contribution in [2.75, 3.05) is 34.5 Å². The Hall–Kier alpha value is -3.25. The Bertz CT molecular complexity index is 1470. The highest BCUT2D eigenvalue weighted by Gasteiger charge is 2.46. The van der Waals surface area contributed by atoms with Crippen LogP contribution >= 0.6 is 0 Å². The summed E-state index contributed by atoms with van der Waals surface area (Å²) in [5.41, 5.74) is -0.294. The van der Waals surface area contributed by atoms with Crippen molar-refractivity contribution in [2.45, 2.75) is 55.3 Å². The minimum absolute atomic E-state index is 0.0598. The van der Waals surface area contributed by atoms with Crippen LogP contribution < -0.4 is 24.4 Å². The summed E-state index contributed by atoms with van der Waals surface area (Å²) in [7, 11) is 4.17. The van der Waals surface area contributed by atoms with Crippen molar-refractivity contribution in [3.05, 3.63) is 34.5 Å². The lowest BCUT2D eigenvalue weighted by Gasteiger charge is -2.41. The Morgan fingerprint density at radius 3 is 2.21 bits per heavy atom. The van der Waals surface area contributed by atoms with Crippen molar-refractivity contribution in [1.82, 2.24) is 0 Å². The van der Waals surface area contributed by atoms with Crippen molar-refractivity contribution in [2.24, 2.45) is 0 Å². The van der Waals surface area contributed by atoms with Gasteiger partial charge in [-0.2, -0.15) is 0 Å². The number of methoxy groups -OCH3 is 3. The van der Waals surface area contributed by atoms with Crippen LogP contribution in [0.15, 0.2) is 33.5 Å². The van der Waals surface area contributed by atoms with Crippen LogP contribution in [0.3, 0.4) is 0 Å². The fourth-order valence-corrected chi connectivity index (χ4v) is 4.93. The van der Waals surface area contributed by atoms with Crippen LogP contribution in [0.25, 0.3) is 21.9 Å². The summed E-state index contributed by atoms with van der Waals surface area (Å²) in [4.78, 5) is 13.8. The van der Waals surface area contributed by atoms with Gasteiger partial charge in [-0.1, -0.05) is 0 Å². The van der Waals surface area contributed by atoms with E-state index in [4.69, 9.17) is 37.6 Å². The fourth-order valence-electron chi connectivity index (χ4n) is 4.93. The molecule has 0 saturated carbocycles. The first-order valence-corrected chi connectivity index (χ1v) is 12.9. The Morgan fingerprint density at radius 2 is 1.52 bits per heavy atom. The van der Waals surface area contributed by atoms with Gasteiger partial charge in [0.25, 0.3) is 0 Å². The number of ether oxygens (including phenoxy) is 7. The van der Waals surface area contributed by atoms with E-state index in [-0.39, 0.29) is 51.5 Å². The molecule has 2 aliphatic heterocycles. The molecule has 15 nitrogen and oxygen atoms in total. The molecule has 3 aromatic rings. The molecule has 2 fully saturated rings. The third-order valence-electron chi connectivity index (χ3n) is 7.25. The third-order valence-corrected chi connectivity index (χ3v) is 7.25. The average molecular weight is 597 g/mol. The van der Waals surface area contributed by atoms with Crippen molar-refractivity contribution in [3.63, 3.8) is 0 Å². The van der Waals surface area contributed by atoms with E-state index < -0.39 is 67.3 Å². The summed E-state index contributed by atoms with van der Waals surface area (Å²) in [6.45, 7) is -0.807. The smallest absolute Gasteiger partial charge is 0.229 e. The molecular weight excluding hydrogens is 564 g/mol. The second-order valence-electron chi connectivity index (χ2n) is 9.82. The molecule has 42 heavy (non-hydrogen) atoms. The van der Waals surface area contributed by atoms with E-state index >= 15 is 0 Å². The van der Waals surface area contributed by atoms with Crippen molar-refractivity contribution in [3.8, 4) is 23.0 Å². The molecule has 0 amide bonds.